The minimum absolute atomic E-state index is 0.0770. The second-order valence-electron chi connectivity index (χ2n) is 9.82. The van der Waals surface area contributed by atoms with E-state index in [1.165, 1.54) is 0 Å². The van der Waals surface area contributed by atoms with Gasteiger partial charge in [0.2, 0.25) is 5.91 Å². The molecular formula is C28H31ClN4O3. The summed E-state index contributed by atoms with van der Waals surface area (Å²) in [7, 11) is 0. The Kier molecular flexibility index (Phi) is 6.96. The third-order valence-corrected chi connectivity index (χ3v) is 6.77. The van der Waals surface area contributed by atoms with Crippen LogP contribution in [0.4, 0.5) is 16.2 Å². The van der Waals surface area contributed by atoms with Gasteiger partial charge in [0, 0.05) is 28.5 Å². The van der Waals surface area contributed by atoms with Crippen molar-refractivity contribution in [3.05, 3.63) is 69.9 Å². The van der Waals surface area contributed by atoms with E-state index < -0.39 is 24.4 Å². The fourth-order valence-electron chi connectivity index (χ4n) is 4.71. The Morgan fingerprint density at radius 1 is 1.14 bits per heavy atom. The first-order valence-electron chi connectivity index (χ1n) is 12.0. The summed E-state index contributed by atoms with van der Waals surface area (Å²) in [6, 6.07) is 10.5. The molecule has 2 aromatic rings. The normalized spacial score (nSPS) is 17.7. The zero-order valence-electron chi connectivity index (χ0n) is 21.2. The summed E-state index contributed by atoms with van der Waals surface area (Å²) in [5.74, 6) is -1.04. The third-order valence-electron chi connectivity index (χ3n) is 6.44. The van der Waals surface area contributed by atoms with Crippen LogP contribution in [0.3, 0.4) is 0 Å². The molecule has 188 valence electrons. The van der Waals surface area contributed by atoms with Crippen molar-refractivity contribution in [3.63, 3.8) is 0 Å². The van der Waals surface area contributed by atoms with Crippen molar-refractivity contribution in [1.82, 2.24) is 10.2 Å². The molecule has 0 spiro atoms. The number of anilines is 2. The summed E-state index contributed by atoms with van der Waals surface area (Å²) in [5, 5.41) is 5.76. The van der Waals surface area contributed by atoms with Gasteiger partial charge in [-0.25, -0.2) is 9.69 Å². The maximum atomic E-state index is 13.0. The van der Waals surface area contributed by atoms with Crippen LogP contribution in [0.1, 0.15) is 50.8 Å². The number of hydrogen-bond acceptors (Lipinski definition) is 4. The molecule has 1 fully saturated rings. The lowest BCUT2D eigenvalue weighted by Gasteiger charge is -2.43. The summed E-state index contributed by atoms with van der Waals surface area (Å²) in [4.78, 5) is 41.1. The molecule has 0 saturated carbocycles. The van der Waals surface area contributed by atoms with E-state index in [-0.39, 0.29) is 11.2 Å². The molecule has 36 heavy (non-hydrogen) atoms. The summed E-state index contributed by atoms with van der Waals surface area (Å²) in [5.41, 5.74) is 5.40. The Balaban J connectivity index is 1.57. The van der Waals surface area contributed by atoms with Crippen molar-refractivity contribution < 1.29 is 14.4 Å². The van der Waals surface area contributed by atoms with E-state index in [1.54, 1.807) is 18.2 Å². The van der Waals surface area contributed by atoms with E-state index in [4.69, 9.17) is 11.6 Å². The van der Waals surface area contributed by atoms with Crippen LogP contribution < -0.4 is 15.5 Å². The summed E-state index contributed by atoms with van der Waals surface area (Å²) in [6.07, 6.45) is 4.79. The Bertz CT molecular complexity index is 1290. The average Bonchev–Trinajstić information content (AvgIpc) is 3.06. The molecule has 0 bridgehead atoms. The number of aryl methyl sites for hydroxylation is 1. The van der Waals surface area contributed by atoms with E-state index in [9.17, 15) is 14.4 Å². The van der Waals surface area contributed by atoms with Gasteiger partial charge in [0.15, 0.2) is 0 Å². The van der Waals surface area contributed by atoms with Crippen molar-refractivity contribution in [3.8, 4) is 0 Å². The molecule has 1 saturated heterocycles. The summed E-state index contributed by atoms with van der Waals surface area (Å²) < 4.78 is 0. The van der Waals surface area contributed by atoms with Crippen LogP contribution in [0.5, 0.6) is 0 Å². The first kappa shape index (κ1) is 25.5. The lowest BCUT2D eigenvalue weighted by Crippen LogP contribution is -2.45. The van der Waals surface area contributed by atoms with Gasteiger partial charge in [-0.2, -0.15) is 0 Å². The zero-order valence-corrected chi connectivity index (χ0v) is 22.0. The first-order chi connectivity index (χ1) is 17.0. The Labute approximate surface area is 216 Å². The molecular weight excluding hydrogens is 476 g/mol. The van der Waals surface area contributed by atoms with Gasteiger partial charge in [-0.15, -0.1) is 0 Å². The van der Waals surface area contributed by atoms with Gasteiger partial charge < -0.3 is 15.5 Å². The molecule has 0 aromatic heterocycles. The molecule has 2 aromatic carbocycles. The maximum absolute atomic E-state index is 13.0. The highest BCUT2D eigenvalue weighted by Gasteiger charge is 2.36. The van der Waals surface area contributed by atoms with Crippen LogP contribution in [0.2, 0.25) is 5.02 Å². The van der Waals surface area contributed by atoms with Gasteiger partial charge in [-0.05, 0) is 75.6 Å². The Morgan fingerprint density at radius 3 is 2.50 bits per heavy atom. The molecule has 0 unspecified atom stereocenters. The van der Waals surface area contributed by atoms with Crippen LogP contribution in [0.25, 0.3) is 11.6 Å². The third kappa shape index (κ3) is 5.02. The van der Waals surface area contributed by atoms with Gasteiger partial charge in [0.1, 0.15) is 12.2 Å². The van der Waals surface area contributed by atoms with E-state index in [0.717, 1.165) is 40.3 Å². The lowest BCUT2D eigenvalue weighted by atomic mass is 9.87. The quantitative estimate of drug-likeness (QED) is 0.395. The second kappa shape index (κ2) is 9.82. The number of halogens is 1. The smallest absolute Gasteiger partial charge is 0.329 e. The van der Waals surface area contributed by atoms with E-state index in [1.807, 2.05) is 31.2 Å². The highest BCUT2D eigenvalue weighted by atomic mass is 35.5. The topological polar surface area (TPSA) is 81.8 Å². The number of rotatable bonds is 6. The fraction of sp³-hybridized carbons (Fsp3) is 0.321. The summed E-state index contributed by atoms with van der Waals surface area (Å²) >= 11 is 6.66. The summed E-state index contributed by atoms with van der Waals surface area (Å²) in [6.45, 7) is 11.0. The molecule has 7 nitrogen and oxygen atoms in total. The Morgan fingerprint density at radius 2 is 1.83 bits per heavy atom. The van der Waals surface area contributed by atoms with E-state index in [2.05, 4.69) is 49.3 Å². The molecule has 8 heteroatoms. The number of fused-ring (bicyclic) bond motifs is 1. The van der Waals surface area contributed by atoms with Crippen LogP contribution in [0, 0.1) is 6.92 Å². The molecule has 0 aliphatic carbocycles. The number of allylic oxidation sites excluding steroid dienone is 1. The largest absolute Gasteiger partial charge is 0.362 e. The highest BCUT2D eigenvalue weighted by Crippen LogP contribution is 2.42. The molecule has 2 heterocycles. The highest BCUT2D eigenvalue weighted by molar-refractivity contribution is 6.32. The lowest BCUT2D eigenvalue weighted by molar-refractivity contribution is -0.127. The Hall–Kier alpha value is -3.58. The predicted octanol–water partition coefficient (Wildman–Crippen LogP) is 5.59. The number of carbonyl (C=O) groups is 3. The van der Waals surface area contributed by atoms with Crippen LogP contribution in [0.15, 0.2) is 48.2 Å². The minimum Gasteiger partial charge on any atom is -0.362 e. The standard InChI is InChI=1S/C28H31ClN4O3/c1-6-11-33-24-14-22(29)19(12-21(24)18(3)15-28(33,4)5)13-23-26(35)32(27(36)31-23)16-25(34)30-20-9-7-17(2)8-10-20/h7-10,12-15H,6,11,16H2,1-5H3,(H,30,34)(H,31,36)/b23-13+. The minimum atomic E-state index is -0.647. The van der Waals surface area contributed by atoms with Gasteiger partial charge in [0.25, 0.3) is 5.91 Å². The van der Waals surface area contributed by atoms with Crippen LogP contribution in [-0.2, 0) is 9.59 Å². The molecule has 2 N–H and O–H groups in total. The predicted molar refractivity (Wildman–Crippen MR) is 145 cm³/mol. The number of nitrogens with one attached hydrogen (secondary N) is 2. The zero-order chi connectivity index (χ0) is 26.2. The number of hydrogen-bond donors (Lipinski definition) is 2. The van der Waals surface area contributed by atoms with Crippen molar-refractivity contribution in [2.45, 2.75) is 46.6 Å². The average molecular weight is 507 g/mol. The van der Waals surface area contributed by atoms with Gasteiger partial charge in [-0.1, -0.05) is 42.3 Å². The molecule has 0 radical (unpaired) electrons. The second-order valence-corrected chi connectivity index (χ2v) is 10.2. The van der Waals surface area contributed by atoms with Gasteiger partial charge in [0.05, 0.1) is 5.54 Å². The van der Waals surface area contributed by atoms with Gasteiger partial charge >= 0.3 is 6.03 Å². The number of amides is 4. The molecule has 2 aliphatic heterocycles. The molecule has 4 rings (SSSR count). The maximum Gasteiger partial charge on any atom is 0.329 e. The molecule has 2 aliphatic rings. The van der Waals surface area contributed by atoms with Crippen molar-refractivity contribution in [2.75, 3.05) is 23.3 Å². The molecule has 4 amide bonds. The number of nitrogens with zero attached hydrogens (tertiary/aromatic N) is 2. The monoisotopic (exact) mass is 506 g/mol. The number of imide groups is 1. The SMILES string of the molecule is CCCN1c2cc(Cl)c(/C=C3/NC(=O)N(CC(=O)Nc4ccc(C)cc4)C3=O)cc2C(C)=CC1(C)C. The van der Waals surface area contributed by atoms with E-state index in [0.29, 0.717) is 16.3 Å². The van der Waals surface area contributed by atoms with Crippen molar-refractivity contribution in [2.24, 2.45) is 0 Å². The van der Waals surface area contributed by atoms with Crippen LogP contribution in [-0.4, -0.2) is 41.4 Å². The van der Waals surface area contributed by atoms with Crippen LogP contribution >= 0.6 is 11.6 Å². The van der Waals surface area contributed by atoms with E-state index >= 15 is 0 Å². The number of urea groups is 1. The van der Waals surface area contributed by atoms with Gasteiger partial charge in [-0.3, -0.25) is 9.59 Å². The molecule has 0 atom stereocenters. The van der Waals surface area contributed by atoms with Crippen molar-refractivity contribution in [1.29, 1.82) is 0 Å². The first-order valence-corrected chi connectivity index (χ1v) is 12.4. The number of benzene rings is 2. The fourth-order valence-corrected chi connectivity index (χ4v) is 4.92. The van der Waals surface area contributed by atoms with Crippen molar-refractivity contribution >= 4 is 52.5 Å². The number of carbonyl (C=O) groups excluding carboxylic acids is 3.